The fourth-order valence-electron chi connectivity index (χ4n) is 1.85. The second-order valence-electron chi connectivity index (χ2n) is 4.80. The molecule has 0 aromatic rings. The van der Waals surface area contributed by atoms with E-state index in [1.807, 2.05) is 0 Å². The molecular formula is C14H28O4Si. The van der Waals surface area contributed by atoms with Gasteiger partial charge in [-0.05, 0) is 31.9 Å². The van der Waals surface area contributed by atoms with Crippen molar-refractivity contribution in [3.05, 3.63) is 12.2 Å². The first-order valence-corrected chi connectivity index (χ1v) is 9.17. The lowest BCUT2D eigenvalue weighted by molar-refractivity contribution is -0.139. The highest BCUT2D eigenvalue weighted by molar-refractivity contribution is 6.67. The summed E-state index contributed by atoms with van der Waals surface area (Å²) in [5.74, 6) is -0.312. The Balaban J connectivity index is 3.93. The molecule has 4 nitrogen and oxygen atoms in total. The number of esters is 1. The summed E-state index contributed by atoms with van der Waals surface area (Å²) in [5.41, 5.74) is 0.445. The molecular weight excluding hydrogens is 260 g/mol. The summed E-state index contributed by atoms with van der Waals surface area (Å²) in [5, 5.41) is 0. The van der Waals surface area contributed by atoms with E-state index in [9.17, 15) is 4.79 Å². The minimum atomic E-state index is -2.02. The number of carbonyl (C=O) groups is 1. The van der Waals surface area contributed by atoms with E-state index >= 15 is 0 Å². The first-order chi connectivity index (χ1) is 9.01. The lowest BCUT2D eigenvalue weighted by Crippen LogP contribution is -2.39. The lowest BCUT2D eigenvalue weighted by Gasteiger charge is -2.27. The summed E-state index contributed by atoms with van der Waals surface area (Å²) in [6.45, 7) is 7.81. The highest BCUT2D eigenvalue weighted by Crippen LogP contribution is 2.23. The van der Waals surface area contributed by atoms with Crippen LogP contribution in [-0.2, 0) is 18.4 Å². The summed E-state index contributed by atoms with van der Waals surface area (Å²) >= 11 is 0. The molecule has 19 heavy (non-hydrogen) atoms. The van der Waals surface area contributed by atoms with Crippen LogP contribution in [0.25, 0.3) is 0 Å². The maximum Gasteiger partial charge on any atom is 0.337 e. The molecule has 0 aliphatic heterocycles. The molecule has 112 valence electrons. The molecule has 0 aliphatic rings. The fourth-order valence-corrected chi connectivity index (χ4v) is 4.76. The number of rotatable bonds is 11. The van der Waals surface area contributed by atoms with Gasteiger partial charge in [-0.25, -0.2) is 4.79 Å². The van der Waals surface area contributed by atoms with E-state index in [4.69, 9.17) is 13.6 Å². The van der Waals surface area contributed by atoms with Crippen LogP contribution >= 0.6 is 0 Å². The molecule has 0 saturated heterocycles. The molecule has 0 fully saturated rings. The van der Waals surface area contributed by atoms with Crippen molar-refractivity contribution in [2.24, 2.45) is 0 Å². The van der Waals surface area contributed by atoms with Gasteiger partial charge in [0.15, 0.2) is 0 Å². The summed E-state index contributed by atoms with van der Waals surface area (Å²) in [7, 11) is 1.46. The Bertz CT molecular complexity index is 275. The number of carbonyl (C=O) groups excluding carboxylic acids is 1. The zero-order chi connectivity index (χ0) is 14.7. The van der Waals surface area contributed by atoms with E-state index < -0.39 is 8.56 Å². The molecule has 0 aromatic heterocycles. The van der Waals surface area contributed by atoms with Crippen LogP contribution in [0.3, 0.4) is 0 Å². The summed E-state index contributed by atoms with van der Waals surface area (Å²) in [6.07, 6.45) is 4.09. The van der Waals surface area contributed by atoms with E-state index in [2.05, 4.69) is 13.5 Å². The molecule has 0 heterocycles. The quantitative estimate of drug-likeness (QED) is 0.253. The Morgan fingerprint density at radius 3 is 2.16 bits per heavy atom. The topological polar surface area (TPSA) is 44.8 Å². The third-order valence-electron chi connectivity index (χ3n) is 3.19. The van der Waals surface area contributed by atoms with Gasteiger partial charge in [-0.1, -0.05) is 26.3 Å². The lowest BCUT2D eigenvalue weighted by atomic mass is 10.3. The Hall–Kier alpha value is -0.653. The highest BCUT2D eigenvalue weighted by atomic mass is 28.4. The van der Waals surface area contributed by atoms with Gasteiger partial charge in [-0.2, -0.15) is 0 Å². The minimum absolute atomic E-state index is 0.312. The standard InChI is InChI=1S/C14H28O4Si/c1-6-7-11-19(16-4,17-5)12-9-8-10-18-14(15)13(2)3/h2,6-12H2,1,3-5H3. The van der Waals surface area contributed by atoms with Crippen LogP contribution in [0.15, 0.2) is 12.2 Å². The number of hydrogen-bond donors (Lipinski definition) is 0. The molecule has 0 amide bonds. The predicted octanol–water partition coefficient (Wildman–Crippen LogP) is 3.42. The zero-order valence-corrected chi connectivity index (χ0v) is 13.8. The van der Waals surface area contributed by atoms with Crippen molar-refractivity contribution in [2.75, 3.05) is 20.8 Å². The van der Waals surface area contributed by atoms with Crippen molar-refractivity contribution in [2.45, 2.75) is 51.6 Å². The minimum Gasteiger partial charge on any atom is -0.462 e. The molecule has 0 radical (unpaired) electrons. The highest BCUT2D eigenvalue weighted by Gasteiger charge is 2.33. The summed E-state index contributed by atoms with van der Waals surface area (Å²) < 4.78 is 16.4. The van der Waals surface area contributed by atoms with E-state index in [1.165, 1.54) is 0 Å². The Kier molecular flexibility index (Phi) is 9.82. The third-order valence-corrected chi connectivity index (χ3v) is 6.91. The van der Waals surface area contributed by atoms with Crippen LogP contribution in [0, 0.1) is 0 Å². The zero-order valence-electron chi connectivity index (χ0n) is 12.8. The Morgan fingerprint density at radius 2 is 1.68 bits per heavy atom. The average Bonchev–Trinajstić information content (AvgIpc) is 2.42. The van der Waals surface area contributed by atoms with Gasteiger partial charge in [0.1, 0.15) is 0 Å². The first-order valence-electron chi connectivity index (χ1n) is 6.94. The molecule has 0 saturated carbocycles. The normalized spacial score (nSPS) is 11.4. The number of hydrogen-bond acceptors (Lipinski definition) is 4. The van der Waals surface area contributed by atoms with Gasteiger partial charge in [0.25, 0.3) is 0 Å². The average molecular weight is 288 g/mol. The molecule has 0 atom stereocenters. The Morgan fingerprint density at radius 1 is 1.11 bits per heavy atom. The van der Waals surface area contributed by atoms with Gasteiger partial charge in [0.2, 0.25) is 0 Å². The SMILES string of the molecule is C=C(C)C(=O)OCCCC[Si](CCCC)(OC)OC. The van der Waals surface area contributed by atoms with Crippen molar-refractivity contribution in [1.82, 2.24) is 0 Å². The van der Waals surface area contributed by atoms with E-state index in [1.54, 1.807) is 21.1 Å². The molecule has 0 aliphatic carbocycles. The molecule has 0 N–H and O–H groups in total. The molecule has 5 heteroatoms. The number of unbranched alkanes of at least 4 members (excludes halogenated alkanes) is 2. The van der Waals surface area contributed by atoms with E-state index in [0.717, 1.165) is 37.8 Å². The van der Waals surface area contributed by atoms with Crippen LogP contribution in [0.4, 0.5) is 0 Å². The van der Waals surface area contributed by atoms with Gasteiger partial charge in [-0.3, -0.25) is 0 Å². The maximum atomic E-state index is 11.2. The van der Waals surface area contributed by atoms with E-state index in [-0.39, 0.29) is 5.97 Å². The van der Waals surface area contributed by atoms with Crippen LogP contribution in [0.2, 0.25) is 12.1 Å². The number of ether oxygens (including phenoxy) is 1. The van der Waals surface area contributed by atoms with Crippen molar-refractivity contribution in [3.8, 4) is 0 Å². The Labute approximate surface area is 118 Å². The van der Waals surface area contributed by atoms with Crippen LogP contribution < -0.4 is 0 Å². The largest absolute Gasteiger partial charge is 0.462 e. The second-order valence-corrected chi connectivity index (χ2v) is 8.43. The molecule has 0 spiro atoms. The van der Waals surface area contributed by atoms with Gasteiger partial charge in [-0.15, -0.1) is 0 Å². The van der Waals surface area contributed by atoms with Gasteiger partial charge < -0.3 is 13.6 Å². The monoisotopic (exact) mass is 288 g/mol. The van der Waals surface area contributed by atoms with Gasteiger partial charge in [0.05, 0.1) is 6.61 Å². The van der Waals surface area contributed by atoms with Crippen molar-refractivity contribution >= 4 is 14.5 Å². The fraction of sp³-hybridized carbons (Fsp3) is 0.786. The molecule has 0 aromatic carbocycles. The van der Waals surface area contributed by atoms with Crippen molar-refractivity contribution < 1.29 is 18.4 Å². The van der Waals surface area contributed by atoms with E-state index in [0.29, 0.717) is 12.2 Å². The molecule has 0 bridgehead atoms. The van der Waals surface area contributed by atoms with Crippen molar-refractivity contribution in [1.29, 1.82) is 0 Å². The predicted molar refractivity (Wildman–Crippen MR) is 79.3 cm³/mol. The van der Waals surface area contributed by atoms with Gasteiger partial charge >= 0.3 is 14.5 Å². The maximum absolute atomic E-state index is 11.2. The second kappa shape index (κ2) is 10.2. The first kappa shape index (κ1) is 18.3. The van der Waals surface area contributed by atoms with Crippen LogP contribution in [0.1, 0.15) is 39.5 Å². The van der Waals surface area contributed by atoms with Crippen LogP contribution in [-0.4, -0.2) is 35.4 Å². The third kappa shape index (κ3) is 7.50. The smallest absolute Gasteiger partial charge is 0.337 e. The summed E-state index contributed by atoms with van der Waals surface area (Å²) in [4.78, 5) is 11.2. The van der Waals surface area contributed by atoms with Crippen molar-refractivity contribution in [3.63, 3.8) is 0 Å². The van der Waals surface area contributed by atoms with Gasteiger partial charge in [0, 0.05) is 19.8 Å². The van der Waals surface area contributed by atoms with Crippen LogP contribution in [0.5, 0.6) is 0 Å². The molecule has 0 rings (SSSR count). The summed E-state index contributed by atoms with van der Waals surface area (Å²) in [6, 6.07) is 1.98. The molecule has 0 unspecified atom stereocenters.